The summed E-state index contributed by atoms with van der Waals surface area (Å²) in [5.41, 5.74) is 0. The van der Waals surface area contributed by atoms with E-state index in [2.05, 4.69) is 12.2 Å². The first-order chi connectivity index (χ1) is 10.9. The largest absolute Gasteiger partial charge is 0.365 e. The third kappa shape index (κ3) is 19.6. The van der Waals surface area contributed by atoms with Crippen LogP contribution in [0.25, 0.3) is 0 Å². The zero-order valence-electron chi connectivity index (χ0n) is 14.9. The summed E-state index contributed by atoms with van der Waals surface area (Å²) in [5, 5.41) is 3.00. The molecule has 1 rings (SSSR count). The number of rotatable bonds is 14. The smallest absolute Gasteiger partial charge is 0.119 e. The van der Waals surface area contributed by atoms with Crippen molar-refractivity contribution in [3.05, 3.63) is 0 Å². The van der Waals surface area contributed by atoms with Crippen LogP contribution in [0.1, 0.15) is 96.8 Å². The van der Waals surface area contributed by atoms with Gasteiger partial charge in [0.15, 0.2) is 0 Å². The van der Waals surface area contributed by atoms with Gasteiger partial charge in [0.1, 0.15) is 6.29 Å². The number of nitrogens with one attached hydrogen (secondary N) is 1. The quantitative estimate of drug-likeness (QED) is 0.352. The second kappa shape index (κ2) is 20.6. The van der Waals surface area contributed by atoms with Crippen LogP contribution in [0, 0.1) is 0 Å². The van der Waals surface area contributed by atoms with Crippen LogP contribution in [0.15, 0.2) is 0 Å². The van der Waals surface area contributed by atoms with E-state index in [1.54, 1.807) is 0 Å². The number of unbranched alkanes of at least 4 members (excludes halogenated alkanes) is 13. The minimum atomic E-state index is 0.750. The summed E-state index contributed by atoms with van der Waals surface area (Å²) in [5.74, 6) is 0. The molecule has 0 aliphatic carbocycles. The van der Waals surface area contributed by atoms with Crippen LogP contribution in [0.2, 0.25) is 0 Å². The van der Waals surface area contributed by atoms with E-state index in [4.69, 9.17) is 4.74 Å². The highest BCUT2D eigenvalue weighted by Gasteiger charge is 1.93. The van der Waals surface area contributed by atoms with E-state index in [-0.39, 0.29) is 0 Å². The molecule has 0 aromatic carbocycles. The predicted octanol–water partition coefficient (Wildman–Crippen LogP) is 5.23. The topological polar surface area (TPSA) is 38.3 Å². The molecule has 0 saturated carbocycles. The molecule has 22 heavy (non-hydrogen) atoms. The van der Waals surface area contributed by atoms with Gasteiger partial charge in [-0.3, -0.25) is 5.32 Å². The molecule has 0 aromatic rings. The maximum Gasteiger partial charge on any atom is 0.119 e. The first-order valence-electron chi connectivity index (χ1n) is 9.64. The van der Waals surface area contributed by atoms with Crippen LogP contribution in [-0.2, 0) is 9.53 Å². The second-order valence-electron chi connectivity index (χ2n) is 6.25. The molecule has 1 aliphatic heterocycles. The Hall–Kier alpha value is -0.410. The molecule has 3 heteroatoms. The maximum absolute atomic E-state index is 10.1. The number of ether oxygens (including phenoxy) is 1. The Balaban J connectivity index is 0.000000734. The highest BCUT2D eigenvalue weighted by Crippen LogP contribution is 2.12. The van der Waals surface area contributed by atoms with Gasteiger partial charge < -0.3 is 9.53 Å². The Morgan fingerprint density at radius 2 is 1.32 bits per heavy atom. The van der Waals surface area contributed by atoms with Gasteiger partial charge in [-0.25, -0.2) is 0 Å². The van der Waals surface area contributed by atoms with E-state index < -0.39 is 0 Å². The minimum Gasteiger partial charge on any atom is -0.365 e. The van der Waals surface area contributed by atoms with Crippen molar-refractivity contribution in [2.75, 3.05) is 19.9 Å². The first-order valence-corrected chi connectivity index (χ1v) is 9.64. The molecule has 3 nitrogen and oxygen atoms in total. The average molecular weight is 314 g/mol. The standard InChI is InChI=1S/C16H32O.C3H7NO/c1-2-3-4-5-6-7-8-9-10-11-12-13-14-15-16-17;1-2-5-3-4-1/h16H,2-15H2,1H3;4H,1-3H2. The van der Waals surface area contributed by atoms with Crippen molar-refractivity contribution >= 4 is 6.29 Å². The molecular weight excluding hydrogens is 274 g/mol. The number of carbonyl (C=O) groups excluding carboxylic acids is 1. The van der Waals surface area contributed by atoms with Gasteiger partial charge in [-0.05, 0) is 6.42 Å². The van der Waals surface area contributed by atoms with Crippen LogP contribution < -0.4 is 5.32 Å². The summed E-state index contributed by atoms with van der Waals surface area (Å²) in [7, 11) is 0. The molecule has 1 saturated heterocycles. The summed E-state index contributed by atoms with van der Waals surface area (Å²) in [6, 6.07) is 0. The Labute approximate surface area is 138 Å². The molecule has 132 valence electrons. The summed E-state index contributed by atoms with van der Waals surface area (Å²) >= 11 is 0. The normalized spacial score (nSPS) is 13.7. The van der Waals surface area contributed by atoms with Crippen LogP contribution in [0.3, 0.4) is 0 Å². The molecule has 0 spiro atoms. The fourth-order valence-corrected chi connectivity index (χ4v) is 2.61. The van der Waals surface area contributed by atoms with Gasteiger partial charge in [0.05, 0.1) is 13.3 Å². The monoisotopic (exact) mass is 313 g/mol. The Morgan fingerprint density at radius 1 is 0.818 bits per heavy atom. The Kier molecular flexibility index (Phi) is 20.2. The molecule has 0 radical (unpaired) electrons. The SMILES string of the molecule is C1COCN1.CCCCCCCCCCCCCCCC=O. The second-order valence-corrected chi connectivity index (χ2v) is 6.25. The molecular formula is C19H39NO2. The van der Waals surface area contributed by atoms with E-state index in [9.17, 15) is 4.79 Å². The van der Waals surface area contributed by atoms with E-state index in [1.165, 1.54) is 77.0 Å². The van der Waals surface area contributed by atoms with Gasteiger partial charge >= 0.3 is 0 Å². The molecule has 0 bridgehead atoms. The van der Waals surface area contributed by atoms with Crippen molar-refractivity contribution in [2.45, 2.75) is 96.8 Å². The van der Waals surface area contributed by atoms with Gasteiger partial charge in [0.25, 0.3) is 0 Å². The zero-order valence-corrected chi connectivity index (χ0v) is 14.9. The van der Waals surface area contributed by atoms with Crippen molar-refractivity contribution in [1.29, 1.82) is 0 Å². The molecule has 1 fully saturated rings. The third-order valence-corrected chi connectivity index (χ3v) is 4.05. The number of hydrogen-bond donors (Lipinski definition) is 1. The number of hydrogen-bond acceptors (Lipinski definition) is 3. The number of aldehydes is 1. The zero-order chi connectivity index (χ0) is 16.1. The van der Waals surface area contributed by atoms with Crippen LogP contribution in [0.5, 0.6) is 0 Å². The fourth-order valence-electron chi connectivity index (χ4n) is 2.61. The van der Waals surface area contributed by atoms with E-state index in [0.717, 1.165) is 39.0 Å². The van der Waals surface area contributed by atoms with Crippen molar-refractivity contribution in [2.24, 2.45) is 0 Å². The van der Waals surface area contributed by atoms with Crippen LogP contribution in [0.4, 0.5) is 0 Å². The van der Waals surface area contributed by atoms with Crippen LogP contribution in [-0.4, -0.2) is 26.2 Å². The first kappa shape index (κ1) is 21.6. The van der Waals surface area contributed by atoms with Crippen molar-refractivity contribution in [3.8, 4) is 0 Å². The maximum atomic E-state index is 10.1. The fraction of sp³-hybridized carbons (Fsp3) is 0.947. The van der Waals surface area contributed by atoms with Gasteiger partial charge in [-0.2, -0.15) is 0 Å². The molecule has 1 aliphatic rings. The van der Waals surface area contributed by atoms with Gasteiger partial charge in [-0.15, -0.1) is 0 Å². The minimum absolute atomic E-state index is 0.750. The highest BCUT2D eigenvalue weighted by molar-refractivity contribution is 5.48. The Bertz CT molecular complexity index is 198. The van der Waals surface area contributed by atoms with Crippen LogP contribution >= 0.6 is 0 Å². The predicted molar refractivity (Wildman–Crippen MR) is 95.2 cm³/mol. The van der Waals surface area contributed by atoms with E-state index in [1.807, 2.05) is 0 Å². The molecule has 0 amide bonds. The highest BCUT2D eigenvalue weighted by atomic mass is 16.5. The summed E-state index contributed by atoms with van der Waals surface area (Å²) in [6.07, 6.45) is 19.6. The number of carbonyl (C=O) groups is 1. The molecule has 1 heterocycles. The van der Waals surface area contributed by atoms with Crippen molar-refractivity contribution in [1.82, 2.24) is 5.32 Å². The summed E-state index contributed by atoms with van der Waals surface area (Å²) < 4.78 is 4.83. The van der Waals surface area contributed by atoms with Crippen molar-refractivity contribution < 1.29 is 9.53 Å². The lowest BCUT2D eigenvalue weighted by Gasteiger charge is -2.02. The van der Waals surface area contributed by atoms with Gasteiger partial charge in [0, 0.05) is 13.0 Å². The van der Waals surface area contributed by atoms with Gasteiger partial charge in [-0.1, -0.05) is 84.0 Å². The molecule has 1 N–H and O–H groups in total. The van der Waals surface area contributed by atoms with Crippen molar-refractivity contribution in [3.63, 3.8) is 0 Å². The average Bonchev–Trinajstić information content (AvgIpc) is 3.12. The summed E-state index contributed by atoms with van der Waals surface area (Å²) in [4.78, 5) is 10.1. The molecule has 0 aromatic heterocycles. The van der Waals surface area contributed by atoms with Gasteiger partial charge in [0.2, 0.25) is 0 Å². The Morgan fingerprint density at radius 3 is 1.64 bits per heavy atom. The molecule has 0 unspecified atom stereocenters. The lowest BCUT2D eigenvalue weighted by Crippen LogP contribution is -2.05. The van der Waals surface area contributed by atoms with E-state index >= 15 is 0 Å². The molecule has 0 atom stereocenters. The van der Waals surface area contributed by atoms with E-state index in [0.29, 0.717) is 0 Å². The summed E-state index contributed by atoms with van der Waals surface area (Å²) in [6.45, 7) is 4.94. The lowest BCUT2D eigenvalue weighted by atomic mass is 10.0. The lowest BCUT2D eigenvalue weighted by molar-refractivity contribution is -0.107. The third-order valence-electron chi connectivity index (χ3n) is 4.05.